The zero-order valence-corrected chi connectivity index (χ0v) is 10.7. The molecule has 2 rings (SSSR count). The number of nitrogens with zero attached hydrogens (tertiary/aromatic N) is 1. The minimum atomic E-state index is 0.0159. The van der Waals surface area contributed by atoms with Crippen LogP contribution in [-0.4, -0.2) is 30.9 Å². The molecule has 0 unspecified atom stereocenters. The van der Waals surface area contributed by atoms with E-state index in [0.717, 1.165) is 18.7 Å². The van der Waals surface area contributed by atoms with Crippen LogP contribution in [0.4, 0.5) is 0 Å². The minimum Gasteiger partial charge on any atom is -0.350 e. The number of hydrogen-bond donors (Lipinski definition) is 1. The Balaban J connectivity index is 2.00. The first-order valence-electron chi connectivity index (χ1n) is 6.12. The summed E-state index contributed by atoms with van der Waals surface area (Å²) in [6.07, 6.45) is 0. The SMILES string of the molecule is CC(=O)N[C@@H](C)c1ccc(C2CN(C)C2)cc1. The number of hydrogen-bond acceptors (Lipinski definition) is 2. The molecule has 0 bridgehead atoms. The van der Waals surface area contributed by atoms with Crippen molar-refractivity contribution < 1.29 is 4.79 Å². The van der Waals surface area contributed by atoms with Crippen LogP contribution >= 0.6 is 0 Å². The van der Waals surface area contributed by atoms with Crippen LogP contribution in [0.3, 0.4) is 0 Å². The Morgan fingerprint density at radius 2 is 1.94 bits per heavy atom. The molecule has 1 heterocycles. The molecular weight excluding hydrogens is 212 g/mol. The third-order valence-corrected chi connectivity index (χ3v) is 3.39. The van der Waals surface area contributed by atoms with Crippen molar-refractivity contribution in [2.45, 2.75) is 25.8 Å². The van der Waals surface area contributed by atoms with E-state index in [9.17, 15) is 4.79 Å². The van der Waals surface area contributed by atoms with Crippen molar-refractivity contribution in [3.8, 4) is 0 Å². The number of benzene rings is 1. The second-order valence-corrected chi connectivity index (χ2v) is 5.01. The maximum absolute atomic E-state index is 11.0. The summed E-state index contributed by atoms with van der Waals surface area (Å²) < 4.78 is 0. The number of likely N-dealkylation sites (N-methyl/N-ethyl adjacent to an activating group) is 1. The van der Waals surface area contributed by atoms with Gasteiger partial charge < -0.3 is 10.2 Å². The van der Waals surface area contributed by atoms with Gasteiger partial charge in [-0.05, 0) is 25.1 Å². The number of nitrogens with one attached hydrogen (secondary N) is 1. The van der Waals surface area contributed by atoms with Crippen LogP contribution in [0, 0.1) is 0 Å². The molecule has 1 saturated heterocycles. The third-order valence-electron chi connectivity index (χ3n) is 3.39. The summed E-state index contributed by atoms with van der Waals surface area (Å²) in [7, 11) is 2.14. The lowest BCUT2D eigenvalue weighted by Gasteiger charge is -2.36. The highest BCUT2D eigenvalue weighted by atomic mass is 16.1. The molecule has 1 amide bonds. The second-order valence-electron chi connectivity index (χ2n) is 5.01. The maximum Gasteiger partial charge on any atom is 0.217 e. The zero-order chi connectivity index (χ0) is 12.4. The van der Waals surface area contributed by atoms with Crippen LogP contribution < -0.4 is 5.32 Å². The van der Waals surface area contributed by atoms with E-state index in [4.69, 9.17) is 0 Å². The fraction of sp³-hybridized carbons (Fsp3) is 0.500. The summed E-state index contributed by atoms with van der Waals surface area (Å²) >= 11 is 0. The van der Waals surface area contributed by atoms with Gasteiger partial charge in [-0.25, -0.2) is 0 Å². The summed E-state index contributed by atoms with van der Waals surface area (Å²) in [6, 6.07) is 8.70. The molecule has 0 radical (unpaired) electrons. The largest absolute Gasteiger partial charge is 0.350 e. The molecular formula is C14H20N2O. The van der Waals surface area contributed by atoms with Crippen molar-refractivity contribution in [3.05, 3.63) is 35.4 Å². The molecule has 1 atom stereocenters. The predicted octanol–water partition coefficient (Wildman–Crippen LogP) is 1.91. The first-order valence-corrected chi connectivity index (χ1v) is 6.12. The van der Waals surface area contributed by atoms with Gasteiger partial charge in [-0.1, -0.05) is 24.3 Å². The monoisotopic (exact) mass is 232 g/mol. The Kier molecular flexibility index (Phi) is 3.48. The fourth-order valence-electron chi connectivity index (χ4n) is 2.35. The van der Waals surface area contributed by atoms with Crippen LogP contribution in [0.5, 0.6) is 0 Å². The lowest BCUT2D eigenvalue weighted by Crippen LogP contribution is -2.41. The first kappa shape index (κ1) is 12.1. The smallest absolute Gasteiger partial charge is 0.217 e. The van der Waals surface area contributed by atoms with Gasteiger partial charge in [0.1, 0.15) is 0 Å². The van der Waals surface area contributed by atoms with Crippen LogP contribution in [0.25, 0.3) is 0 Å². The van der Waals surface area contributed by atoms with Crippen molar-refractivity contribution in [3.63, 3.8) is 0 Å². The van der Waals surface area contributed by atoms with E-state index in [0.29, 0.717) is 5.92 Å². The van der Waals surface area contributed by atoms with E-state index in [1.165, 1.54) is 5.56 Å². The predicted molar refractivity (Wildman–Crippen MR) is 68.9 cm³/mol. The molecule has 0 spiro atoms. The summed E-state index contributed by atoms with van der Waals surface area (Å²) in [5.74, 6) is 0.701. The number of rotatable bonds is 3. The Labute approximate surface area is 103 Å². The van der Waals surface area contributed by atoms with Crippen LogP contribution in [-0.2, 0) is 4.79 Å². The lowest BCUT2D eigenvalue weighted by atomic mass is 9.91. The molecule has 0 aliphatic carbocycles. The molecule has 92 valence electrons. The number of carbonyl (C=O) groups excluding carboxylic acids is 1. The zero-order valence-electron chi connectivity index (χ0n) is 10.7. The van der Waals surface area contributed by atoms with Gasteiger partial charge in [0.2, 0.25) is 5.91 Å². The average molecular weight is 232 g/mol. The third kappa shape index (κ3) is 2.86. The van der Waals surface area contributed by atoms with E-state index in [2.05, 4.69) is 41.5 Å². The minimum absolute atomic E-state index is 0.0159. The Hall–Kier alpha value is -1.35. The summed E-state index contributed by atoms with van der Waals surface area (Å²) in [6.45, 7) is 5.86. The Morgan fingerprint density at radius 3 is 2.41 bits per heavy atom. The van der Waals surface area contributed by atoms with Gasteiger partial charge in [0.15, 0.2) is 0 Å². The lowest BCUT2D eigenvalue weighted by molar-refractivity contribution is -0.119. The van der Waals surface area contributed by atoms with Gasteiger partial charge in [-0.3, -0.25) is 4.79 Å². The van der Waals surface area contributed by atoms with E-state index in [1.807, 2.05) is 6.92 Å². The molecule has 1 N–H and O–H groups in total. The van der Waals surface area contributed by atoms with Crippen LogP contribution in [0.2, 0.25) is 0 Å². The number of likely N-dealkylation sites (tertiary alicyclic amines) is 1. The molecule has 1 aromatic rings. The average Bonchev–Trinajstić information content (AvgIpc) is 2.24. The molecule has 1 aromatic carbocycles. The molecule has 1 aliphatic heterocycles. The maximum atomic E-state index is 11.0. The standard InChI is InChI=1S/C14H20N2O/c1-10(15-11(2)17)12-4-6-13(7-5-12)14-8-16(3)9-14/h4-7,10,14H,8-9H2,1-3H3,(H,15,17)/t10-/m0/s1. The van der Waals surface area contributed by atoms with Gasteiger partial charge in [0, 0.05) is 25.9 Å². The summed E-state index contributed by atoms with van der Waals surface area (Å²) in [5, 5.41) is 2.90. The van der Waals surface area contributed by atoms with Gasteiger partial charge in [0.05, 0.1) is 6.04 Å². The highest BCUT2D eigenvalue weighted by Gasteiger charge is 2.24. The van der Waals surface area contributed by atoms with Crippen LogP contribution in [0.15, 0.2) is 24.3 Å². The molecule has 0 saturated carbocycles. The molecule has 0 aromatic heterocycles. The van der Waals surface area contributed by atoms with E-state index < -0.39 is 0 Å². The van der Waals surface area contributed by atoms with Gasteiger partial charge in [0.25, 0.3) is 0 Å². The van der Waals surface area contributed by atoms with Crippen molar-refractivity contribution in [1.29, 1.82) is 0 Å². The number of amides is 1. The van der Waals surface area contributed by atoms with Crippen LogP contribution in [0.1, 0.15) is 36.9 Å². The first-order chi connectivity index (χ1) is 8.06. The highest BCUT2D eigenvalue weighted by Crippen LogP contribution is 2.26. The quantitative estimate of drug-likeness (QED) is 0.863. The Bertz CT molecular complexity index is 393. The molecule has 17 heavy (non-hydrogen) atoms. The van der Waals surface area contributed by atoms with Crippen molar-refractivity contribution >= 4 is 5.91 Å². The summed E-state index contributed by atoms with van der Waals surface area (Å²) in [4.78, 5) is 13.3. The van der Waals surface area contributed by atoms with Gasteiger partial charge >= 0.3 is 0 Å². The van der Waals surface area contributed by atoms with Gasteiger partial charge in [-0.15, -0.1) is 0 Å². The Morgan fingerprint density at radius 1 is 1.35 bits per heavy atom. The van der Waals surface area contributed by atoms with E-state index in [1.54, 1.807) is 6.92 Å². The highest BCUT2D eigenvalue weighted by molar-refractivity contribution is 5.73. The van der Waals surface area contributed by atoms with Crippen molar-refractivity contribution in [1.82, 2.24) is 10.2 Å². The van der Waals surface area contributed by atoms with Crippen molar-refractivity contribution in [2.24, 2.45) is 0 Å². The topological polar surface area (TPSA) is 32.3 Å². The van der Waals surface area contributed by atoms with Crippen molar-refractivity contribution in [2.75, 3.05) is 20.1 Å². The van der Waals surface area contributed by atoms with Gasteiger partial charge in [-0.2, -0.15) is 0 Å². The summed E-state index contributed by atoms with van der Waals surface area (Å²) in [5.41, 5.74) is 2.57. The molecule has 3 nitrogen and oxygen atoms in total. The van der Waals surface area contributed by atoms with E-state index >= 15 is 0 Å². The molecule has 1 fully saturated rings. The second kappa shape index (κ2) is 4.88. The number of carbonyl (C=O) groups is 1. The molecule has 3 heteroatoms. The normalized spacial score (nSPS) is 18.5. The van der Waals surface area contributed by atoms with E-state index in [-0.39, 0.29) is 11.9 Å². The fourth-order valence-corrected chi connectivity index (χ4v) is 2.35. The molecule has 1 aliphatic rings.